The van der Waals surface area contributed by atoms with Gasteiger partial charge in [-0.1, -0.05) is 22.9 Å². The largest absolute Gasteiger partial charge is 0.457 e. The van der Waals surface area contributed by atoms with Crippen molar-refractivity contribution >= 4 is 11.6 Å². The highest BCUT2D eigenvalue weighted by atomic mass is 35.5. The molecule has 0 saturated heterocycles. The third-order valence-corrected chi connectivity index (χ3v) is 3.46. The third kappa shape index (κ3) is 5.09. The molecule has 0 aromatic heterocycles. The summed E-state index contributed by atoms with van der Waals surface area (Å²) in [7, 11) is 0. The van der Waals surface area contributed by atoms with Crippen molar-refractivity contribution in [1.82, 2.24) is 0 Å². The maximum Gasteiger partial charge on any atom is 0.416 e. The zero-order chi connectivity index (χ0) is 18.4. The Labute approximate surface area is 146 Å². The molecular weight excluding hydrogens is 357 g/mol. The number of benzene rings is 2. The number of hydrogen-bond acceptors (Lipinski definition) is 4. The Kier molecular flexibility index (Phi) is 5.83. The standard InChI is InChI=1S/C16H12ClF3N4O/c17-11-2-5-13(6-3-11)25-14-4-1-10(7-12(9-21)23-24-22)15(8-14)16(18,19)20/h1-6,8,12H,7H2,(H2,22,23). The summed E-state index contributed by atoms with van der Waals surface area (Å²) < 4.78 is 45.4. The second kappa shape index (κ2) is 7.85. The van der Waals surface area contributed by atoms with Crippen LogP contribution in [0.3, 0.4) is 0 Å². The van der Waals surface area contributed by atoms with Crippen LogP contribution in [0.2, 0.25) is 5.02 Å². The number of nitrogens with two attached hydrogens (primary N) is 1. The Morgan fingerprint density at radius 2 is 1.80 bits per heavy atom. The fourth-order valence-electron chi connectivity index (χ4n) is 2.10. The molecule has 1 atom stereocenters. The van der Waals surface area contributed by atoms with E-state index >= 15 is 0 Å². The molecule has 0 aliphatic rings. The summed E-state index contributed by atoms with van der Waals surface area (Å²) in [5.74, 6) is 5.21. The average molecular weight is 369 g/mol. The van der Waals surface area contributed by atoms with Gasteiger partial charge in [-0.2, -0.15) is 23.5 Å². The minimum atomic E-state index is -4.62. The topological polar surface area (TPSA) is 83.8 Å². The summed E-state index contributed by atoms with van der Waals surface area (Å²) in [4.78, 5) is 0. The fraction of sp³-hybridized carbons (Fsp3) is 0.188. The number of nitrogens with zero attached hydrogens (tertiary/aromatic N) is 3. The van der Waals surface area contributed by atoms with Crippen LogP contribution < -0.4 is 10.6 Å². The number of nitriles is 1. The van der Waals surface area contributed by atoms with E-state index in [4.69, 9.17) is 27.4 Å². The summed E-state index contributed by atoms with van der Waals surface area (Å²) in [5, 5.41) is 15.7. The zero-order valence-electron chi connectivity index (χ0n) is 12.7. The van der Waals surface area contributed by atoms with Crippen LogP contribution in [0, 0.1) is 11.3 Å². The SMILES string of the molecule is N#CC(Cc1ccc(Oc2ccc(Cl)cc2)cc1C(F)(F)F)N=NN. The Hall–Kier alpha value is -2.79. The quantitative estimate of drug-likeness (QED) is 0.462. The van der Waals surface area contributed by atoms with E-state index in [0.29, 0.717) is 10.8 Å². The molecule has 0 amide bonds. The van der Waals surface area contributed by atoms with E-state index in [1.54, 1.807) is 18.2 Å². The van der Waals surface area contributed by atoms with Crippen molar-refractivity contribution < 1.29 is 17.9 Å². The van der Waals surface area contributed by atoms with Gasteiger partial charge in [0.15, 0.2) is 6.04 Å². The number of alkyl halides is 3. The summed E-state index contributed by atoms with van der Waals surface area (Å²) in [6.45, 7) is 0. The lowest BCUT2D eigenvalue weighted by Crippen LogP contribution is -2.14. The number of rotatable bonds is 5. The van der Waals surface area contributed by atoms with Crippen LogP contribution in [0.5, 0.6) is 11.5 Å². The van der Waals surface area contributed by atoms with E-state index in [0.717, 1.165) is 6.07 Å². The smallest absolute Gasteiger partial charge is 0.416 e. The predicted molar refractivity (Wildman–Crippen MR) is 85.1 cm³/mol. The van der Waals surface area contributed by atoms with Gasteiger partial charge < -0.3 is 10.6 Å². The molecule has 0 aliphatic carbocycles. The first kappa shape index (κ1) is 18.5. The molecule has 2 aromatic carbocycles. The van der Waals surface area contributed by atoms with Crippen molar-refractivity contribution in [1.29, 1.82) is 5.26 Å². The second-order valence-corrected chi connectivity index (χ2v) is 5.39. The molecule has 2 aromatic rings. The monoisotopic (exact) mass is 368 g/mol. The van der Waals surface area contributed by atoms with Gasteiger partial charge in [0.05, 0.1) is 11.6 Å². The van der Waals surface area contributed by atoms with E-state index < -0.39 is 17.8 Å². The van der Waals surface area contributed by atoms with Crippen LogP contribution >= 0.6 is 11.6 Å². The lowest BCUT2D eigenvalue weighted by molar-refractivity contribution is -0.138. The first-order valence-corrected chi connectivity index (χ1v) is 7.34. The van der Waals surface area contributed by atoms with Gasteiger partial charge in [-0.15, -0.1) is 0 Å². The molecule has 9 heteroatoms. The molecule has 1 unspecified atom stereocenters. The zero-order valence-corrected chi connectivity index (χ0v) is 13.4. The average Bonchev–Trinajstić information content (AvgIpc) is 2.56. The van der Waals surface area contributed by atoms with Gasteiger partial charge in [-0.25, -0.2) is 0 Å². The molecule has 25 heavy (non-hydrogen) atoms. The second-order valence-electron chi connectivity index (χ2n) is 4.95. The highest BCUT2D eigenvalue weighted by molar-refractivity contribution is 6.30. The van der Waals surface area contributed by atoms with Crippen molar-refractivity contribution in [2.24, 2.45) is 16.2 Å². The van der Waals surface area contributed by atoms with E-state index in [1.807, 2.05) is 0 Å². The Morgan fingerprint density at radius 1 is 1.16 bits per heavy atom. The van der Waals surface area contributed by atoms with Gasteiger partial charge in [-0.05, 0) is 42.0 Å². The van der Waals surface area contributed by atoms with E-state index in [1.165, 1.54) is 24.3 Å². The summed E-state index contributed by atoms with van der Waals surface area (Å²) >= 11 is 5.75. The minimum absolute atomic E-state index is 0.00681. The summed E-state index contributed by atoms with van der Waals surface area (Å²) in [6, 6.07) is 10.3. The molecule has 2 N–H and O–H groups in total. The van der Waals surface area contributed by atoms with Crippen LogP contribution in [0.15, 0.2) is 52.8 Å². The van der Waals surface area contributed by atoms with Gasteiger partial charge in [-0.3, -0.25) is 0 Å². The molecule has 0 saturated carbocycles. The van der Waals surface area contributed by atoms with Crippen LogP contribution in [0.4, 0.5) is 13.2 Å². The number of ether oxygens (including phenoxy) is 1. The number of hydrogen-bond donors (Lipinski definition) is 1. The molecule has 0 heterocycles. The summed E-state index contributed by atoms with van der Waals surface area (Å²) in [6.07, 6.45) is -4.89. The minimum Gasteiger partial charge on any atom is -0.457 e. The Morgan fingerprint density at radius 3 is 2.36 bits per heavy atom. The molecular formula is C16H12ClF3N4O. The van der Waals surface area contributed by atoms with E-state index in [9.17, 15) is 13.2 Å². The van der Waals surface area contributed by atoms with E-state index in [2.05, 4.69) is 10.3 Å². The molecule has 130 valence electrons. The lowest BCUT2D eigenvalue weighted by atomic mass is 10.00. The molecule has 0 bridgehead atoms. The highest BCUT2D eigenvalue weighted by Gasteiger charge is 2.34. The Balaban J connectivity index is 2.33. The normalized spacial score (nSPS) is 12.8. The molecule has 0 fully saturated rings. The predicted octanol–water partition coefficient (Wildman–Crippen LogP) is 4.91. The molecule has 2 rings (SSSR count). The maximum absolute atomic E-state index is 13.3. The molecule has 5 nitrogen and oxygen atoms in total. The van der Waals surface area contributed by atoms with Crippen molar-refractivity contribution in [2.75, 3.05) is 0 Å². The first-order valence-electron chi connectivity index (χ1n) is 6.96. The molecule has 0 aliphatic heterocycles. The lowest BCUT2D eigenvalue weighted by Gasteiger charge is -2.15. The van der Waals surface area contributed by atoms with Crippen LogP contribution in [-0.2, 0) is 12.6 Å². The molecule has 0 radical (unpaired) electrons. The van der Waals surface area contributed by atoms with Crippen molar-refractivity contribution in [3.63, 3.8) is 0 Å². The van der Waals surface area contributed by atoms with Gasteiger partial charge in [0.2, 0.25) is 0 Å². The summed E-state index contributed by atoms with van der Waals surface area (Å²) in [5.41, 5.74) is -1.01. The van der Waals surface area contributed by atoms with Gasteiger partial charge >= 0.3 is 6.18 Å². The van der Waals surface area contributed by atoms with Crippen LogP contribution in [0.1, 0.15) is 11.1 Å². The van der Waals surface area contributed by atoms with Crippen molar-refractivity contribution in [2.45, 2.75) is 18.6 Å². The number of halogens is 4. The maximum atomic E-state index is 13.3. The third-order valence-electron chi connectivity index (χ3n) is 3.20. The first-order chi connectivity index (χ1) is 11.8. The van der Waals surface area contributed by atoms with E-state index in [-0.39, 0.29) is 17.7 Å². The van der Waals surface area contributed by atoms with Crippen LogP contribution in [0.25, 0.3) is 0 Å². The van der Waals surface area contributed by atoms with Gasteiger partial charge in [0.1, 0.15) is 11.5 Å². The molecule has 0 spiro atoms. The fourth-order valence-corrected chi connectivity index (χ4v) is 2.23. The Bertz CT molecular complexity index is 801. The van der Waals surface area contributed by atoms with Crippen LogP contribution in [-0.4, -0.2) is 6.04 Å². The van der Waals surface area contributed by atoms with Crippen molar-refractivity contribution in [3.05, 3.63) is 58.6 Å². The van der Waals surface area contributed by atoms with Crippen molar-refractivity contribution in [3.8, 4) is 17.6 Å². The van der Waals surface area contributed by atoms with Gasteiger partial charge in [0, 0.05) is 11.4 Å². The van der Waals surface area contributed by atoms with Gasteiger partial charge in [0.25, 0.3) is 0 Å². The highest BCUT2D eigenvalue weighted by Crippen LogP contribution is 2.36.